The van der Waals surface area contributed by atoms with Crippen LogP contribution in [0.25, 0.3) is 0 Å². The maximum atomic E-state index is 9.03. The first-order chi connectivity index (χ1) is 8.60. The highest BCUT2D eigenvalue weighted by Crippen LogP contribution is 2.30. The summed E-state index contributed by atoms with van der Waals surface area (Å²) >= 11 is 5.92. The summed E-state index contributed by atoms with van der Waals surface area (Å²) in [5.74, 6) is 1.10. The van der Waals surface area contributed by atoms with E-state index < -0.39 is 0 Å². The Hall–Kier alpha value is -2.18. The van der Waals surface area contributed by atoms with Crippen molar-refractivity contribution < 1.29 is 4.74 Å². The lowest BCUT2D eigenvalue weighted by Crippen LogP contribution is -1.93. The van der Waals surface area contributed by atoms with Gasteiger partial charge in [-0.3, -0.25) is 0 Å². The molecule has 2 aromatic rings. The maximum absolute atomic E-state index is 9.03. The average molecular weight is 259 g/mol. The van der Waals surface area contributed by atoms with Gasteiger partial charge in [0.25, 0.3) is 0 Å². The first-order valence-electron chi connectivity index (χ1n) is 5.34. The van der Waals surface area contributed by atoms with Gasteiger partial charge in [-0.05, 0) is 42.8 Å². The molecule has 0 unspecified atom stereocenters. The Balaban J connectivity index is 2.40. The quantitative estimate of drug-likeness (QED) is 0.831. The zero-order valence-electron chi connectivity index (χ0n) is 9.77. The molecule has 0 saturated carbocycles. The van der Waals surface area contributed by atoms with Crippen LogP contribution in [0.3, 0.4) is 0 Å². The number of anilines is 1. The number of aryl methyl sites for hydroxylation is 1. The third-order valence-electron chi connectivity index (χ3n) is 2.49. The van der Waals surface area contributed by atoms with Crippen LogP contribution in [0.5, 0.6) is 11.5 Å². The molecule has 0 aliphatic heterocycles. The van der Waals surface area contributed by atoms with E-state index in [1.54, 1.807) is 30.3 Å². The summed E-state index contributed by atoms with van der Waals surface area (Å²) in [5.41, 5.74) is 7.49. The van der Waals surface area contributed by atoms with Crippen LogP contribution in [-0.2, 0) is 0 Å². The summed E-state index contributed by atoms with van der Waals surface area (Å²) < 4.78 is 5.70. The van der Waals surface area contributed by atoms with Crippen molar-refractivity contribution in [1.29, 1.82) is 5.26 Å². The molecule has 0 aliphatic rings. The fourth-order valence-corrected chi connectivity index (χ4v) is 1.69. The van der Waals surface area contributed by atoms with Gasteiger partial charge in [-0.25, -0.2) is 0 Å². The van der Waals surface area contributed by atoms with Crippen LogP contribution in [0.2, 0.25) is 5.02 Å². The normalized spacial score (nSPS) is 9.83. The van der Waals surface area contributed by atoms with E-state index in [9.17, 15) is 0 Å². The van der Waals surface area contributed by atoms with Crippen molar-refractivity contribution in [3.63, 3.8) is 0 Å². The summed E-state index contributed by atoms with van der Waals surface area (Å²) in [4.78, 5) is 0. The van der Waals surface area contributed by atoms with Crippen molar-refractivity contribution >= 4 is 17.3 Å². The number of nitrogen functional groups attached to an aromatic ring is 1. The van der Waals surface area contributed by atoms with E-state index in [-0.39, 0.29) is 0 Å². The fourth-order valence-electron chi connectivity index (χ4n) is 1.53. The van der Waals surface area contributed by atoms with Crippen molar-refractivity contribution in [2.75, 3.05) is 5.73 Å². The van der Waals surface area contributed by atoms with Crippen LogP contribution in [0.4, 0.5) is 5.69 Å². The van der Waals surface area contributed by atoms with Gasteiger partial charge in [0.1, 0.15) is 17.6 Å². The summed E-state index contributed by atoms with van der Waals surface area (Å²) in [6.45, 7) is 1.91. The summed E-state index contributed by atoms with van der Waals surface area (Å²) in [5, 5.41) is 9.62. The minimum atomic E-state index is 0.398. The number of hydrogen-bond acceptors (Lipinski definition) is 3. The molecule has 90 valence electrons. The predicted molar refractivity (Wildman–Crippen MR) is 71.8 cm³/mol. The third-order valence-corrected chi connectivity index (χ3v) is 2.73. The van der Waals surface area contributed by atoms with Crippen molar-refractivity contribution in [3.8, 4) is 17.6 Å². The molecule has 4 heteroatoms. The number of nitriles is 1. The Morgan fingerprint density at radius 1 is 1.17 bits per heavy atom. The number of rotatable bonds is 2. The molecule has 18 heavy (non-hydrogen) atoms. The van der Waals surface area contributed by atoms with Gasteiger partial charge >= 0.3 is 0 Å². The second-order valence-corrected chi connectivity index (χ2v) is 4.32. The Morgan fingerprint density at radius 3 is 2.67 bits per heavy atom. The maximum Gasteiger partial charge on any atom is 0.145 e. The van der Waals surface area contributed by atoms with E-state index in [1.807, 2.05) is 13.0 Å². The van der Waals surface area contributed by atoms with Crippen LogP contribution < -0.4 is 10.5 Å². The second kappa shape index (κ2) is 4.99. The molecule has 0 spiro atoms. The van der Waals surface area contributed by atoms with Crippen LogP contribution in [0.15, 0.2) is 36.4 Å². The Bertz CT molecular complexity index is 632. The van der Waals surface area contributed by atoms with E-state index >= 15 is 0 Å². The molecule has 0 radical (unpaired) electrons. The van der Waals surface area contributed by atoms with Crippen LogP contribution in [0, 0.1) is 18.3 Å². The van der Waals surface area contributed by atoms with E-state index in [0.29, 0.717) is 27.8 Å². The monoisotopic (exact) mass is 258 g/mol. The number of ether oxygens (including phenoxy) is 1. The lowest BCUT2D eigenvalue weighted by molar-refractivity contribution is 0.477. The SMILES string of the molecule is Cc1ccc(Cl)cc1Oc1ccc(N)cc1C#N. The number of hydrogen-bond donors (Lipinski definition) is 1. The largest absolute Gasteiger partial charge is 0.456 e. The molecule has 0 aromatic heterocycles. The minimum absolute atomic E-state index is 0.398. The standard InChI is InChI=1S/C14H11ClN2O/c1-9-2-3-11(15)7-14(9)18-13-5-4-12(17)6-10(13)8-16/h2-7H,17H2,1H3. The van der Waals surface area contributed by atoms with Crippen LogP contribution in [-0.4, -0.2) is 0 Å². The van der Waals surface area contributed by atoms with Gasteiger partial charge in [-0.1, -0.05) is 17.7 Å². The molecule has 2 N–H and O–H groups in total. The molecule has 0 heterocycles. The zero-order chi connectivity index (χ0) is 13.1. The van der Waals surface area contributed by atoms with Gasteiger partial charge in [0, 0.05) is 10.7 Å². The Kier molecular flexibility index (Phi) is 3.40. The smallest absolute Gasteiger partial charge is 0.145 e. The van der Waals surface area contributed by atoms with Gasteiger partial charge in [0.05, 0.1) is 5.56 Å². The number of halogens is 1. The Labute approximate surface area is 110 Å². The lowest BCUT2D eigenvalue weighted by Gasteiger charge is -2.10. The third kappa shape index (κ3) is 2.55. The van der Waals surface area contributed by atoms with Gasteiger partial charge < -0.3 is 10.5 Å². The molecule has 3 nitrogen and oxygen atoms in total. The summed E-state index contributed by atoms with van der Waals surface area (Å²) in [6, 6.07) is 12.4. The molecule has 0 saturated heterocycles. The van der Waals surface area contributed by atoms with Crippen molar-refractivity contribution in [3.05, 3.63) is 52.5 Å². The highest BCUT2D eigenvalue weighted by molar-refractivity contribution is 6.30. The minimum Gasteiger partial charge on any atom is -0.456 e. The highest BCUT2D eigenvalue weighted by Gasteiger charge is 2.07. The van der Waals surface area contributed by atoms with Crippen molar-refractivity contribution in [1.82, 2.24) is 0 Å². The Morgan fingerprint density at radius 2 is 1.94 bits per heavy atom. The van der Waals surface area contributed by atoms with E-state index in [0.717, 1.165) is 5.56 Å². The molecule has 0 aliphatic carbocycles. The number of nitrogens with two attached hydrogens (primary N) is 1. The predicted octanol–water partition coefficient (Wildman–Crippen LogP) is 3.89. The summed E-state index contributed by atoms with van der Waals surface area (Å²) in [6.07, 6.45) is 0. The van der Waals surface area contributed by atoms with Gasteiger partial charge in [0.2, 0.25) is 0 Å². The first kappa shape index (κ1) is 12.3. The second-order valence-electron chi connectivity index (χ2n) is 3.88. The molecule has 0 bridgehead atoms. The average Bonchev–Trinajstić information content (AvgIpc) is 2.36. The molecule has 0 amide bonds. The van der Waals surface area contributed by atoms with E-state index in [2.05, 4.69) is 6.07 Å². The molecular formula is C14H11ClN2O. The molecule has 0 fully saturated rings. The lowest BCUT2D eigenvalue weighted by atomic mass is 10.2. The first-order valence-corrected chi connectivity index (χ1v) is 5.71. The number of nitrogens with zero attached hydrogens (tertiary/aromatic N) is 1. The van der Waals surface area contributed by atoms with Crippen molar-refractivity contribution in [2.45, 2.75) is 6.92 Å². The summed E-state index contributed by atoms with van der Waals surface area (Å²) in [7, 11) is 0. The fraction of sp³-hybridized carbons (Fsp3) is 0.0714. The van der Waals surface area contributed by atoms with Gasteiger partial charge in [-0.15, -0.1) is 0 Å². The van der Waals surface area contributed by atoms with Crippen molar-refractivity contribution in [2.24, 2.45) is 0 Å². The zero-order valence-corrected chi connectivity index (χ0v) is 10.5. The van der Waals surface area contributed by atoms with Crippen LogP contribution >= 0.6 is 11.6 Å². The van der Waals surface area contributed by atoms with Crippen LogP contribution in [0.1, 0.15) is 11.1 Å². The topological polar surface area (TPSA) is 59.0 Å². The van der Waals surface area contributed by atoms with E-state index in [1.165, 1.54) is 0 Å². The highest BCUT2D eigenvalue weighted by atomic mass is 35.5. The molecular weight excluding hydrogens is 248 g/mol. The molecule has 0 atom stereocenters. The molecule has 2 rings (SSSR count). The van der Waals surface area contributed by atoms with E-state index in [4.69, 9.17) is 27.3 Å². The van der Waals surface area contributed by atoms with Gasteiger partial charge in [-0.2, -0.15) is 5.26 Å². The van der Waals surface area contributed by atoms with Gasteiger partial charge in [0.15, 0.2) is 0 Å². The number of benzene rings is 2. The molecule has 2 aromatic carbocycles.